The van der Waals surface area contributed by atoms with E-state index in [-0.39, 0.29) is 17.7 Å². The van der Waals surface area contributed by atoms with Crippen molar-refractivity contribution in [1.29, 1.82) is 0 Å². The normalized spacial score (nSPS) is 16.6. The zero-order valence-corrected chi connectivity index (χ0v) is 13.7. The average Bonchev–Trinajstić information content (AvgIpc) is 3.39. The fourth-order valence-electron chi connectivity index (χ4n) is 3.09. The molecular formula is C18H20N4O2. The maximum absolute atomic E-state index is 12.7. The summed E-state index contributed by atoms with van der Waals surface area (Å²) in [6.45, 7) is 1.30. The topological polar surface area (TPSA) is 67.2 Å². The molecule has 1 fully saturated rings. The highest BCUT2D eigenvalue weighted by molar-refractivity contribution is 5.96. The molecule has 0 saturated heterocycles. The van der Waals surface area contributed by atoms with Gasteiger partial charge in [-0.3, -0.25) is 14.3 Å². The van der Waals surface area contributed by atoms with Gasteiger partial charge in [0.25, 0.3) is 5.91 Å². The Labute approximate surface area is 140 Å². The largest absolute Gasteiger partial charge is 0.333 e. The van der Waals surface area contributed by atoms with Crippen molar-refractivity contribution in [2.75, 3.05) is 11.9 Å². The first-order valence-corrected chi connectivity index (χ1v) is 8.33. The van der Waals surface area contributed by atoms with Gasteiger partial charge in [0.15, 0.2) is 5.69 Å². The van der Waals surface area contributed by atoms with Crippen LogP contribution >= 0.6 is 0 Å². The predicted molar refractivity (Wildman–Crippen MR) is 89.4 cm³/mol. The lowest BCUT2D eigenvalue weighted by atomic mass is 10.00. The summed E-state index contributed by atoms with van der Waals surface area (Å²) < 4.78 is 1.56. The maximum Gasteiger partial charge on any atom is 0.274 e. The van der Waals surface area contributed by atoms with E-state index in [9.17, 15) is 9.59 Å². The summed E-state index contributed by atoms with van der Waals surface area (Å²) >= 11 is 0. The maximum atomic E-state index is 12.7. The van der Waals surface area contributed by atoms with Gasteiger partial charge >= 0.3 is 0 Å². The second kappa shape index (κ2) is 5.78. The van der Waals surface area contributed by atoms with Crippen LogP contribution in [-0.2, 0) is 24.8 Å². The van der Waals surface area contributed by atoms with Crippen molar-refractivity contribution >= 4 is 17.6 Å². The highest BCUT2D eigenvalue weighted by atomic mass is 16.2. The highest BCUT2D eigenvalue weighted by Crippen LogP contribution is 2.30. The highest BCUT2D eigenvalue weighted by Gasteiger charge is 2.31. The lowest BCUT2D eigenvalue weighted by Gasteiger charge is -2.28. The van der Waals surface area contributed by atoms with Crippen LogP contribution in [0.4, 0.5) is 5.82 Å². The Morgan fingerprint density at radius 3 is 2.71 bits per heavy atom. The number of nitrogens with zero attached hydrogens (tertiary/aromatic N) is 3. The Kier molecular flexibility index (Phi) is 3.59. The van der Waals surface area contributed by atoms with Gasteiger partial charge in [0.1, 0.15) is 5.82 Å². The summed E-state index contributed by atoms with van der Waals surface area (Å²) in [6, 6.07) is 9.88. The van der Waals surface area contributed by atoms with Gasteiger partial charge in [-0.2, -0.15) is 5.10 Å². The third kappa shape index (κ3) is 2.79. The molecule has 6 heteroatoms. The molecule has 0 atom stereocenters. The molecule has 2 amide bonds. The van der Waals surface area contributed by atoms with Gasteiger partial charge < -0.3 is 10.2 Å². The molecule has 1 aromatic carbocycles. The van der Waals surface area contributed by atoms with Crippen LogP contribution in [0.25, 0.3) is 0 Å². The van der Waals surface area contributed by atoms with Crippen molar-refractivity contribution in [3.05, 3.63) is 47.2 Å². The van der Waals surface area contributed by atoms with Crippen molar-refractivity contribution < 1.29 is 9.59 Å². The van der Waals surface area contributed by atoms with Crippen LogP contribution in [0.2, 0.25) is 0 Å². The molecule has 2 aliphatic rings. The van der Waals surface area contributed by atoms with Crippen LogP contribution in [-0.4, -0.2) is 33.0 Å². The molecule has 0 bridgehead atoms. The van der Waals surface area contributed by atoms with E-state index >= 15 is 0 Å². The minimum Gasteiger partial charge on any atom is -0.333 e. The molecule has 1 saturated carbocycles. The molecule has 1 aliphatic heterocycles. The minimum absolute atomic E-state index is 0.0175. The summed E-state index contributed by atoms with van der Waals surface area (Å²) in [7, 11) is 1.74. The first-order valence-electron chi connectivity index (χ1n) is 8.33. The number of aromatic nitrogens is 2. The van der Waals surface area contributed by atoms with Crippen molar-refractivity contribution in [2.24, 2.45) is 13.0 Å². The van der Waals surface area contributed by atoms with E-state index in [1.54, 1.807) is 17.8 Å². The lowest BCUT2D eigenvalue weighted by Crippen LogP contribution is -2.36. The molecule has 6 nitrogen and oxygen atoms in total. The van der Waals surface area contributed by atoms with E-state index in [0.717, 1.165) is 19.3 Å². The summed E-state index contributed by atoms with van der Waals surface area (Å²) in [4.78, 5) is 26.5. The fourth-order valence-corrected chi connectivity index (χ4v) is 3.09. The van der Waals surface area contributed by atoms with Gasteiger partial charge in [0.2, 0.25) is 5.91 Å². The summed E-state index contributed by atoms with van der Waals surface area (Å²) in [6.07, 6.45) is 2.76. The van der Waals surface area contributed by atoms with E-state index < -0.39 is 0 Å². The van der Waals surface area contributed by atoms with Crippen LogP contribution in [0.5, 0.6) is 0 Å². The SMILES string of the molecule is Cn1nc(C(=O)N2CCc3ccccc3C2)cc1NC(=O)C1CC1. The molecule has 1 N–H and O–H groups in total. The van der Waals surface area contributed by atoms with Crippen LogP contribution in [0.1, 0.15) is 34.5 Å². The monoisotopic (exact) mass is 324 g/mol. The number of hydrogen-bond acceptors (Lipinski definition) is 3. The van der Waals surface area contributed by atoms with E-state index in [0.29, 0.717) is 24.6 Å². The second-order valence-electron chi connectivity index (χ2n) is 6.55. The van der Waals surface area contributed by atoms with Crippen LogP contribution in [0, 0.1) is 5.92 Å². The Hall–Kier alpha value is -2.63. The van der Waals surface area contributed by atoms with Gasteiger partial charge in [-0.25, -0.2) is 0 Å². The van der Waals surface area contributed by atoms with E-state index in [2.05, 4.69) is 22.5 Å². The lowest BCUT2D eigenvalue weighted by molar-refractivity contribution is -0.117. The predicted octanol–water partition coefficient (Wildman–Crippen LogP) is 1.97. The molecule has 2 aromatic rings. The molecule has 0 unspecified atom stereocenters. The Morgan fingerprint density at radius 1 is 1.21 bits per heavy atom. The van der Waals surface area contributed by atoms with Crippen molar-refractivity contribution in [3.63, 3.8) is 0 Å². The molecule has 0 radical (unpaired) electrons. The molecule has 24 heavy (non-hydrogen) atoms. The van der Waals surface area contributed by atoms with E-state index in [1.807, 2.05) is 17.0 Å². The van der Waals surface area contributed by atoms with Crippen LogP contribution < -0.4 is 5.32 Å². The number of carbonyl (C=O) groups is 2. The number of nitrogens with one attached hydrogen (secondary N) is 1. The Bertz CT molecular complexity index is 807. The van der Waals surface area contributed by atoms with Gasteiger partial charge in [0.05, 0.1) is 0 Å². The molecule has 1 aliphatic carbocycles. The number of rotatable bonds is 3. The molecular weight excluding hydrogens is 304 g/mol. The number of benzene rings is 1. The van der Waals surface area contributed by atoms with Gasteiger partial charge in [-0.1, -0.05) is 24.3 Å². The van der Waals surface area contributed by atoms with Crippen molar-refractivity contribution in [1.82, 2.24) is 14.7 Å². The summed E-state index contributed by atoms with van der Waals surface area (Å²) in [5, 5.41) is 7.14. The van der Waals surface area contributed by atoms with E-state index in [1.165, 1.54) is 11.1 Å². The third-order valence-corrected chi connectivity index (χ3v) is 4.72. The molecule has 1 aromatic heterocycles. The minimum atomic E-state index is -0.0907. The number of hydrogen-bond donors (Lipinski definition) is 1. The zero-order chi connectivity index (χ0) is 16.7. The van der Waals surface area contributed by atoms with Gasteiger partial charge in [-0.05, 0) is 30.4 Å². The second-order valence-corrected chi connectivity index (χ2v) is 6.55. The first-order chi connectivity index (χ1) is 11.6. The van der Waals surface area contributed by atoms with Crippen LogP contribution in [0.15, 0.2) is 30.3 Å². The number of aryl methyl sites for hydroxylation is 1. The zero-order valence-electron chi connectivity index (χ0n) is 13.7. The third-order valence-electron chi connectivity index (χ3n) is 4.72. The van der Waals surface area contributed by atoms with Crippen molar-refractivity contribution in [2.45, 2.75) is 25.8 Å². The quantitative estimate of drug-likeness (QED) is 0.938. The summed E-state index contributed by atoms with van der Waals surface area (Å²) in [5.41, 5.74) is 2.87. The van der Waals surface area contributed by atoms with Crippen LogP contribution in [0.3, 0.4) is 0 Å². The van der Waals surface area contributed by atoms with E-state index in [4.69, 9.17) is 0 Å². The van der Waals surface area contributed by atoms with Gasteiger partial charge in [-0.15, -0.1) is 0 Å². The Morgan fingerprint density at radius 2 is 1.96 bits per heavy atom. The molecule has 0 spiro atoms. The standard InChI is InChI=1S/C18H20N4O2/c1-21-16(19-17(23)13-6-7-13)10-15(20-21)18(24)22-9-8-12-4-2-3-5-14(12)11-22/h2-5,10,13H,6-9,11H2,1H3,(H,19,23). The smallest absolute Gasteiger partial charge is 0.274 e. The molecule has 4 rings (SSSR count). The Balaban J connectivity index is 1.49. The van der Waals surface area contributed by atoms with Crippen molar-refractivity contribution in [3.8, 4) is 0 Å². The number of carbonyl (C=O) groups excluding carboxylic acids is 2. The fraction of sp³-hybridized carbons (Fsp3) is 0.389. The number of fused-ring (bicyclic) bond motifs is 1. The molecule has 2 heterocycles. The first kappa shape index (κ1) is 14.9. The van der Waals surface area contributed by atoms with Gasteiger partial charge in [0, 0.05) is 32.1 Å². The average molecular weight is 324 g/mol. The molecule has 124 valence electrons. The number of amides is 2. The summed E-state index contributed by atoms with van der Waals surface area (Å²) in [5.74, 6) is 0.626. The number of anilines is 1.